The van der Waals surface area contributed by atoms with E-state index in [-0.39, 0.29) is 17.2 Å². The number of aryl methyl sites for hydroxylation is 2. The Hall–Kier alpha value is -2.32. The molecule has 0 spiro atoms. The van der Waals surface area contributed by atoms with Crippen LogP contribution in [0.1, 0.15) is 49.0 Å². The van der Waals surface area contributed by atoms with Crippen molar-refractivity contribution in [2.45, 2.75) is 56.5 Å². The van der Waals surface area contributed by atoms with Crippen molar-refractivity contribution in [3.05, 3.63) is 45.1 Å². The number of carbonyl (C=O) groups excluding carboxylic acids is 1. The van der Waals surface area contributed by atoms with E-state index in [4.69, 9.17) is 9.72 Å². The Labute approximate surface area is 202 Å². The summed E-state index contributed by atoms with van der Waals surface area (Å²) in [5.74, 6) is 1.09. The summed E-state index contributed by atoms with van der Waals surface area (Å²) in [6.07, 6.45) is 8.73. The van der Waals surface area contributed by atoms with Crippen molar-refractivity contribution in [2.75, 3.05) is 26.0 Å². The normalized spacial score (nSPS) is 16.5. The number of rotatable bonds is 5. The Morgan fingerprint density at radius 1 is 1.12 bits per heavy atom. The molecule has 0 bridgehead atoms. The fraction of sp³-hybridized carbons (Fsp3) is 0.480. The smallest absolute Gasteiger partial charge is 0.267 e. The molecule has 174 valence electrons. The van der Waals surface area contributed by atoms with E-state index in [0.717, 1.165) is 61.8 Å². The standard InChI is InChI=1S/C25H29N3O3S2/c1-31-18-10-8-9-17(15-18)28-24(30)22-19-11-4-5-12-20(19)33-23(22)26-25(28)32-16-21(29)27-13-6-2-3-7-14-27/h8-10,15H,2-7,11-14,16H2,1H3. The zero-order valence-corrected chi connectivity index (χ0v) is 20.6. The van der Waals surface area contributed by atoms with Crippen molar-refractivity contribution in [2.24, 2.45) is 0 Å². The number of aromatic nitrogens is 2. The van der Waals surface area contributed by atoms with Crippen LogP contribution in [0, 0.1) is 0 Å². The van der Waals surface area contributed by atoms with Gasteiger partial charge in [-0.1, -0.05) is 30.7 Å². The number of carbonyl (C=O) groups is 1. The lowest BCUT2D eigenvalue weighted by atomic mass is 9.97. The number of thioether (sulfide) groups is 1. The lowest BCUT2D eigenvalue weighted by Crippen LogP contribution is -2.33. The van der Waals surface area contributed by atoms with Crippen LogP contribution in [-0.2, 0) is 17.6 Å². The molecule has 1 aromatic carbocycles. The zero-order valence-electron chi connectivity index (χ0n) is 19.0. The molecule has 1 aliphatic heterocycles. The summed E-state index contributed by atoms with van der Waals surface area (Å²) in [7, 11) is 1.62. The second-order valence-electron chi connectivity index (χ2n) is 8.71. The van der Waals surface area contributed by atoms with Crippen molar-refractivity contribution in [1.82, 2.24) is 14.5 Å². The monoisotopic (exact) mass is 483 g/mol. The van der Waals surface area contributed by atoms with E-state index in [0.29, 0.717) is 16.6 Å². The molecule has 6 nitrogen and oxygen atoms in total. The van der Waals surface area contributed by atoms with Crippen LogP contribution < -0.4 is 10.3 Å². The van der Waals surface area contributed by atoms with Crippen LogP contribution in [0.5, 0.6) is 5.75 Å². The van der Waals surface area contributed by atoms with Gasteiger partial charge in [0.05, 0.1) is 23.9 Å². The maximum Gasteiger partial charge on any atom is 0.267 e. The van der Waals surface area contributed by atoms with Crippen molar-refractivity contribution in [3.8, 4) is 11.4 Å². The second kappa shape index (κ2) is 9.89. The molecular weight excluding hydrogens is 454 g/mol. The molecular formula is C25H29N3O3S2. The molecule has 5 rings (SSSR count). The molecule has 3 aromatic rings. The fourth-order valence-electron chi connectivity index (χ4n) is 4.80. The van der Waals surface area contributed by atoms with E-state index in [9.17, 15) is 9.59 Å². The van der Waals surface area contributed by atoms with Gasteiger partial charge in [-0.05, 0) is 56.2 Å². The molecule has 1 amide bonds. The number of hydrogen-bond acceptors (Lipinski definition) is 6. The number of ether oxygens (including phenoxy) is 1. The quantitative estimate of drug-likeness (QED) is 0.384. The summed E-state index contributed by atoms with van der Waals surface area (Å²) in [6, 6.07) is 7.50. The van der Waals surface area contributed by atoms with E-state index in [1.165, 1.54) is 35.0 Å². The molecule has 2 aromatic heterocycles. The second-order valence-corrected chi connectivity index (χ2v) is 10.7. The van der Waals surface area contributed by atoms with Gasteiger partial charge in [-0.2, -0.15) is 0 Å². The minimum absolute atomic E-state index is 0.0441. The number of fused-ring (bicyclic) bond motifs is 3. The molecule has 8 heteroatoms. The number of benzene rings is 1. The maximum atomic E-state index is 13.9. The number of methoxy groups -OCH3 is 1. The molecule has 0 unspecified atom stereocenters. The summed E-state index contributed by atoms with van der Waals surface area (Å²) in [5.41, 5.74) is 1.85. The first kappa shape index (κ1) is 22.5. The Bertz CT molecular complexity index is 1230. The molecule has 1 saturated heterocycles. The largest absolute Gasteiger partial charge is 0.497 e. The average Bonchev–Trinajstić information content (AvgIpc) is 3.00. The van der Waals surface area contributed by atoms with Crippen molar-refractivity contribution in [3.63, 3.8) is 0 Å². The van der Waals surface area contributed by atoms with Gasteiger partial charge in [-0.25, -0.2) is 4.98 Å². The molecule has 0 saturated carbocycles. The van der Waals surface area contributed by atoms with Gasteiger partial charge >= 0.3 is 0 Å². The van der Waals surface area contributed by atoms with Crippen LogP contribution in [0.15, 0.2) is 34.2 Å². The van der Waals surface area contributed by atoms with E-state index in [1.807, 2.05) is 29.2 Å². The van der Waals surface area contributed by atoms with Gasteiger partial charge in [0.2, 0.25) is 5.91 Å². The molecule has 0 radical (unpaired) electrons. The van der Waals surface area contributed by atoms with Gasteiger partial charge in [0.15, 0.2) is 5.16 Å². The summed E-state index contributed by atoms with van der Waals surface area (Å²) in [6.45, 7) is 1.65. The minimum atomic E-state index is -0.0441. The molecule has 0 N–H and O–H groups in total. The first-order chi connectivity index (χ1) is 16.2. The molecule has 33 heavy (non-hydrogen) atoms. The SMILES string of the molecule is COc1cccc(-n2c(SCC(=O)N3CCCCCC3)nc3sc4c(c3c2=O)CCCC4)c1. The van der Waals surface area contributed by atoms with Crippen LogP contribution in [0.2, 0.25) is 0 Å². The van der Waals surface area contributed by atoms with Gasteiger partial charge < -0.3 is 9.64 Å². The predicted octanol–water partition coefficient (Wildman–Crippen LogP) is 4.83. The Kier molecular flexibility index (Phi) is 6.74. The lowest BCUT2D eigenvalue weighted by Gasteiger charge is -2.20. The predicted molar refractivity (Wildman–Crippen MR) is 134 cm³/mol. The van der Waals surface area contributed by atoms with E-state index < -0.39 is 0 Å². The Morgan fingerprint density at radius 3 is 2.70 bits per heavy atom. The van der Waals surface area contributed by atoms with Crippen LogP contribution in [0.3, 0.4) is 0 Å². The highest BCUT2D eigenvalue weighted by Gasteiger charge is 2.24. The molecule has 1 aliphatic carbocycles. The third-order valence-electron chi connectivity index (χ3n) is 6.55. The van der Waals surface area contributed by atoms with E-state index >= 15 is 0 Å². The van der Waals surface area contributed by atoms with Crippen molar-refractivity contribution >= 4 is 39.2 Å². The number of thiophene rings is 1. The average molecular weight is 484 g/mol. The summed E-state index contributed by atoms with van der Waals surface area (Å²) >= 11 is 3.01. The molecule has 2 aliphatic rings. The number of hydrogen-bond donors (Lipinski definition) is 0. The van der Waals surface area contributed by atoms with Crippen molar-refractivity contribution in [1.29, 1.82) is 0 Å². The third kappa shape index (κ3) is 4.55. The van der Waals surface area contributed by atoms with Gasteiger partial charge in [-0.15, -0.1) is 11.3 Å². The highest BCUT2D eigenvalue weighted by atomic mass is 32.2. The van der Waals surface area contributed by atoms with Crippen LogP contribution >= 0.6 is 23.1 Å². The highest BCUT2D eigenvalue weighted by molar-refractivity contribution is 7.99. The lowest BCUT2D eigenvalue weighted by molar-refractivity contribution is -0.128. The molecule has 0 atom stereocenters. The van der Waals surface area contributed by atoms with Crippen LogP contribution in [0.25, 0.3) is 15.9 Å². The van der Waals surface area contributed by atoms with Gasteiger partial charge in [-0.3, -0.25) is 14.2 Å². The first-order valence-corrected chi connectivity index (χ1v) is 13.6. The number of nitrogens with zero attached hydrogens (tertiary/aromatic N) is 3. The summed E-state index contributed by atoms with van der Waals surface area (Å²) in [4.78, 5) is 35.8. The number of amides is 1. The highest BCUT2D eigenvalue weighted by Crippen LogP contribution is 2.35. The van der Waals surface area contributed by atoms with Gasteiger partial charge in [0.25, 0.3) is 5.56 Å². The summed E-state index contributed by atoms with van der Waals surface area (Å²) in [5, 5.41) is 1.32. The Balaban J connectivity index is 1.56. The van der Waals surface area contributed by atoms with Crippen molar-refractivity contribution < 1.29 is 9.53 Å². The third-order valence-corrected chi connectivity index (χ3v) is 8.66. The summed E-state index contributed by atoms with van der Waals surface area (Å²) < 4.78 is 7.08. The Morgan fingerprint density at radius 2 is 1.91 bits per heavy atom. The fourth-order valence-corrected chi connectivity index (χ4v) is 7.02. The topological polar surface area (TPSA) is 64.4 Å². The van der Waals surface area contributed by atoms with E-state index in [2.05, 4.69) is 0 Å². The maximum absolute atomic E-state index is 13.9. The minimum Gasteiger partial charge on any atom is -0.497 e. The van der Waals surface area contributed by atoms with Gasteiger partial charge in [0.1, 0.15) is 10.6 Å². The van der Waals surface area contributed by atoms with Crippen LogP contribution in [-0.4, -0.2) is 46.3 Å². The zero-order chi connectivity index (χ0) is 22.8. The first-order valence-electron chi connectivity index (χ1n) is 11.8. The van der Waals surface area contributed by atoms with Crippen LogP contribution in [0.4, 0.5) is 0 Å². The molecule has 3 heterocycles. The van der Waals surface area contributed by atoms with Gasteiger partial charge in [0, 0.05) is 24.0 Å². The molecule has 1 fully saturated rings. The van der Waals surface area contributed by atoms with E-state index in [1.54, 1.807) is 23.0 Å². The number of likely N-dealkylation sites (tertiary alicyclic amines) is 1.